The molecule has 10 heteroatoms. The van der Waals surface area contributed by atoms with E-state index in [-0.39, 0.29) is 16.1 Å². The Kier molecular flexibility index (Phi) is 6.18. The van der Waals surface area contributed by atoms with Gasteiger partial charge in [0.1, 0.15) is 6.33 Å². The summed E-state index contributed by atoms with van der Waals surface area (Å²) in [4.78, 5) is 14.7. The van der Waals surface area contributed by atoms with E-state index in [0.717, 1.165) is 6.54 Å². The molecule has 1 fully saturated rings. The second-order valence-electron chi connectivity index (χ2n) is 6.20. The van der Waals surface area contributed by atoms with Crippen molar-refractivity contribution in [2.24, 2.45) is 0 Å². The summed E-state index contributed by atoms with van der Waals surface area (Å²) in [6, 6.07) is 8.39. The van der Waals surface area contributed by atoms with E-state index in [1.54, 1.807) is 41.6 Å². The Morgan fingerprint density at radius 2 is 1.85 bits per heavy atom. The highest BCUT2D eigenvalue weighted by molar-refractivity contribution is 8.00. The summed E-state index contributed by atoms with van der Waals surface area (Å²) < 4.78 is 28.7. The molecule has 1 aliphatic heterocycles. The molecule has 0 spiro atoms. The summed E-state index contributed by atoms with van der Waals surface area (Å²) in [5, 5.41) is 8.33. The third kappa shape index (κ3) is 4.33. The van der Waals surface area contributed by atoms with Crippen molar-refractivity contribution in [2.45, 2.75) is 35.7 Å². The molecule has 3 rings (SSSR count). The van der Waals surface area contributed by atoms with Gasteiger partial charge in [-0.1, -0.05) is 30.0 Å². The van der Waals surface area contributed by atoms with Gasteiger partial charge in [0.05, 0.1) is 10.1 Å². The molecule has 1 aromatic carbocycles. The fourth-order valence-corrected chi connectivity index (χ4v) is 5.32. The van der Waals surface area contributed by atoms with Crippen LogP contribution in [0.3, 0.4) is 0 Å². The molecular weight excluding hydrogens is 386 g/mol. The predicted octanol–water partition coefficient (Wildman–Crippen LogP) is 1.31. The van der Waals surface area contributed by atoms with Gasteiger partial charge in [-0.2, -0.15) is 4.31 Å². The summed E-state index contributed by atoms with van der Waals surface area (Å²) in [6.07, 6.45) is 1.65. The van der Waals surface area contributed by atoms with E-state index in [1.165, 1.54) is 16.1 Å². The van der Waals surface area contributed by atoms with Crippen LogP contribution in [0.15, 0.2) is 46.7 Å². The van der Waals surface area contributed by atoms with E-state index in [4.69, 9.17) is 0 Å². The number of thioether (sulfide) groups is 1. The Balaban J connectivity index is 1.59. The summed E-state index contributed by atoms with van der Waals surface area (Å²) in [6.45, 7) is 5.94. The monoisotopic (exact) mass is 409 g/mol. The molecule has 2 aromatic rings. The molecule has 146 valence electrons. The lowest BCUT2D eigenvalue weighted by Gasteiger charge is -2.35. The first-order chi connectivity index (χ1) is 12.9. The highest BCUT2D eigenvalue weighted by Crippen LogP contribution is 2.24. The van der Waals surface area contributed by atoms with Crippen LogP contribution in [0.2, 0.25) is 0 Å². The molecule has 27 heavy (non-hydrogen) atoms. The number of benzene rings is 1. The highest BCUT2D eigenvalue weighted by atomic mass is 32.2. The lowest BCUT2D eigenvalue weighted by atomic mass is 10.3. The number of amides is 1. The number of aromatic nitrogens is 3. The minimum Gasteiger partial charge on any atom is -0.339 e. The molecule has 0 bridgehead atoms. The minimum absolute atomic E-state index is 0.0117. The first-order valence-electron chi connectivity index (χ1n) is 8.82. The van der Waals surface area contributed by atoms with Crippen LogP contribution >= 0.6 is 11.8 Å². The van der Waals surface area contributed by atoms with Crippen LogP contribution in [-0.2, 0) is 21.4 Å². The maximum absolute atomic E-state index is 12.7. The zero-order chi connectivity index (χ0) is 19.4. The van der Waals surface area contributed by atoms with Gasteiger partial charge in [-0.3, -0.25) is 4.79 Å². The van der Waals surface area contributed by atoms with Gasteiger partial charge in [-0.25, -0.2) is 8.42 Å². The van der Waals surface area contributed by atoms with E-state index in [2.05, 4.69) is 10.2 Å². The van der Waals surface area contributed by atoms with Crippen LogP contribution in [0, 0.1) is 0 Å². The van der Waals surface area contributed by atoms with Gasteiger partial charge < -0.3 is 9.47 Å². The number of sulfonamides is 1. The van der Waals surface area contributed by atoms with Crippen molar-refractivity contribution < 1.29 is 13.2 Å². The standard InChI is InChI=1S/C17H23N5O3S2/c1-3-20-13-18-19-17(20)26-14(2)16(23)21-9-11-22(12-10-21)27(24,25)15-7-5-4-6-8-15/h4-8,13-14H,3,9-12H2,1-2H3/t14-/m1/s1. The molecule has 1 atom stereocenters. The molecular formula is C17H23N5O3S2. The van der Waals surface area contributed by atoms with Crippen molar-refractivity contribution in [3.05, 3.63) is 36.7 Å². The van der Waals surface area contributed by atoms with E-state index in [1.807, 2.05) is 18.4 Å². The molecule has 0 unspecified atom stereocenters. The number of piperazine rings is 1. The van der Waals surface area contributed by atoms with Crippen LogP contribution < -0.4 is 0 Å². The van der Waals surface area contributed by atoms with Crippen LogP contribution in [-0.4, -0.2) is 69.7 Å². The quantitative estimate of drug-likeness (QED) is 0.669. The van der Waals surface area contributed by atoms with Crippen molar-refractivity contribution in [2.75, 3.05) is 26.2 Å². The first-order valence-corrected chi connectivity index (χ1v) is 11.1. The SMILES string of the molecule is CCn1cnnc1S[C@H](C)C(=O)N1CCN(S(=O)(=O)c2ccccc2)CC1. The van der Waals surface area contributed by atoms with Crippen LogP contribution in [0.25, 0.3) is 0 Å². The molecule has 1 aliphatic rings. The Hall–Kier alpha value is -1.91. The van der Waals surface area contributed by atoms with Crippen molar-refractivity contribution in [3.63, 3.8) is 0 Å². The topological polar surface area (TPSA) is 88.4 Å². The summed E-state index contributed by atoms with van der Waals surface area (Å²) in [5.41, 5.74) is 0. The van der Waals surface area contributed by atoms with E-state index < -0.39 is 10.0 Å². The van der Waals surface area contributed by atoms with Crippen molar-refractivity contribution >= 4 is 27.7 Å². The minimum atomic E-state index is -3.51. The number of rotatable bonds is 6. The second kappa shape index (κ2) is 8.41. The van der Waals surface area contributed by atoms with Gasteiger partial charge in [0, 0.05) is 32.7 Å². The lowest BCUT2D eigenvalue weighted by molar-refractivity contribution is -0.131. The van der Waals surface area contributed by atoms with Crippen LogP contribution in [0.5, 0.6) is 0 Å². The molecule has 0 aliphatic carbocycles. The average molecular weight is 410 g/mol. The van der Waals surface area contributed by atoms with E-state index in [0.29, 0.717) is 31.3 Å². The Bertz CT molecular complexity index is 877. The van der Waals surface area contributed by atoms with Gasteiger partial charge in [-0.05, 0) is 26.0 Å². The molecule has 2 heterocycles. The number of hydrogen-bond donors (Lipinski definition) is 0. The Morgan fingerprint density at radius 1 is 1.19 bits per heavy atom. The number of carbonyl (C=O) groups excluding carboxylic acids is 1. The maximum Gasteiger partial charge on any atom is 0.243 e. The first kappa shape index (κ1) is 19.8. The summed E-state index contributed by atoms with van der Waals surface area (Å²) in [5.74, 6) is -0.0117. The van der Waals surface area contributed by atoms with E-state index >= 15 is 0 Å². The zero-order valence-corrected chi connectivity index (χ0v) is 17.0. The molecule has 1 amide bonds. The Labute approximate surface area is 163 Å². The fraction of sp³-hybridized carbons (Fsp3) is 0.471. The van der Waals surface area contributed by atoms with Gasteiger partial charge in [0.25, 0.3) is 0 Å². The van der Waals surface area contributed by atoms with Crippen LogP contribution in [0.4, 0.5) is 0 Å². The zero-order valence-electron chi connectivity index (χ0n) is 15.4. The summed E-state index contributed by atoms with van der Waals surface area (Å²) >= 11 is 1.37. The highest BCUT2D eigenvalue weighted by Gasteiger charge is 2.32. The normalized spacial score (nSPS) is 17.0. The molecule has 0 saturated carbocycles. The number of nitrogens with zero attached hydrogens (tertiary/aromatic N) is 5. The van der Waals surface area contributed by atoms with E-state index in [9.17, 15) is 13.2 Å². The predicted molar refractivity (Wildman–Crippen MR) is 103 cm³/mol. The molecule has 0 N–H and O–H groups in total. The number of carbonyl (C=O) groups is 1. The lowest BCUT2D eigenvalue weighted by Crippen LogP contribution is -2.52. The van der Waals surface area contributed by atoms with Gasteiger partial charge >= 0.3 is 0 Å². The third-order valence-corrected chi connectivity index (χ3v) is 7.48. The second-order valence-corrected chi connectivity index (χ2v) is 9.45. The summed E-state index contributed by atoms with van der Waals surface area (Å²) in [7, 11) is -3.51. The maximum atomic E-state index is 12.7. The van der Waals surface area contributed by atoms with Crippen molar-refractivity contribution in [1.29, 1.82) is 0 Å². The molecule has 0 radical (unpaired) electrons. The number of hydrogen-bond acceptors (Lipinski definition) is 6. The largest absolute Gasteiger partial charge is 0.339 e. The Morgan fingerprint density at radius 3 is 2.48 bits per heavy atom. The van der Waals surface area contributed by atoms with Gasteiger partial charge in [0.2, 0.25) is 15.9 Å². The van der Waals surface area contributed by atoms with Gasteiger partial charge in [0.15, 0.2) is 5.16 Å². The molecule has 1 saturated heterocycles. The average Bonchev–Trinajstić information content (AvgIpc) is 3.15. The van der Waals surface area contributed by atoms with Crippen molar-refractivity contribution in [1.82, 2.24) is 24.0 Å². The third-order valence-electron chi connectivity index (χ3n) is 4.48. The number of aryl methyl sites for hydroxylation is 1. The van der Waals surface area contributed by atoms with Crippen LogP contribution in [0.1, 0.15) is 13.8 Å². The molecule has 1 aromatic heterocycles. The van der Waals surface area contributed by atoms with Crippen molar-refractivity contribution in [3.8, 4) is 0 Å². The molecule has 8 nitrogen and oxygen atoms in total. The fourth-order valence-electron chi connectivity index (χ4n) is 2.91. The smallest absolute Gasteiger partial charge is 0.243 e. The van der Waals surface area contributed by atoms with Gasteiger partial charge in [-0.15, -0.1) is 10.2 Å².